The standard InChI is InChI=1S/C18H9ClF3N9O/c19-14-4-11(7-25-16(14)31-26-1-2-27-31)29-17(32)13-9-28-30(15(13)18(20,21)22)12-3-10(5-23)6-24-8-12/h1-4,6-9H,(H,29,32). The third-order valence-electron chi connectivity index (χ3n) is 4.07. The van der Waals surface area contributed by atoms with Gasteiger partial charge >= 0.3 is 6.18 Å². The Morgan fingerprint density at radius 2 is 1.84 bits per heavy atom. The third-order valence-corrected chi connectivity index (χ3v) is 4.35. The first kappa shape index (κ1) is 20.9. The lowest BCUT2D eigenvalue weighted by Crippen LogP contribution is -2.21. The molecule has 1 amide bonds. The topological polar surface area (TPSA) is 127 Å². The summed E-state index contributed by atoms with van der Waals surface area (Å²) >= 11 is 6.12. The molecule has 4 rings (SSSR count). The Morgan fingerprint density at radius 3 is 2.50 bits per heavy atom. The van der Waals surface area contributed by atoms with Crippen LogP contribution < -0.4 is 5.32 Å². The molecule has 32 heavy (non-hydrogen) atoms. The van der Waals surface area contributed by atoms with Crippen LogP contribution in [0.25, 0.3) is 11.5 Å². The molecule has 4 heterocycles. The molecular weight excluding hydrogens is 451 g/mol. The number of alkyl halides is 3. The normalized spacial score (nSPS) is 11.2. The fraction of sp³-hybridized carbons (Fsp3) is 0.0556. The summed E-state index contributed by atoms with van der Waals surface area (Å²) in [6, 6.07) is 4.25. The predicted octanol–water partition coefficient (Wildman–Crippen LogP) is 3.04. The lowest BCUT2D eigenvalue weighted by Gasteiger charge is -2.13. The van der Waals surface area contributed by atoms with Crippen molar-refractivity contribution >= 4 is 23.2 Å². The lowest BCUT2D eigenvalue weighted by atomic mass is 10.2. The summed E-state index contributed by atoms with van der Waals surface area (Å²) in [5.74, 6) is -0.917. The molecule has 10 nitrogen and oxygen atoms in total. The van der Waals surface area contributed by atoms with Crippen molar-refractivity contribution in [2.24, 2.45) is 0 Å². The molecule has 0 saturated heterocycles. The number of aromatic nitrogens is 7. The van der Waals surface area contributed by atoms with E-state index in [2.05, 4.69) is 30.6 Å². The maximum absolute atomic E-state index is 13.8. The average Bonchev–Trinajstić information content (AvgIpc) is 3.44. The van der Waals surface area contributed by atoms with Crippen molar-refractivity contribution in [3.05, 3.63) is 71.2 Å². The van der Waals surface area contributed by atoms with Crippen molar-refractivity contribution in [1.29, 1.82) is 5.26 Å². The molecule has 0 aliphatic carbocycles. The van der Waals surface area contributed by atoms with E-state index in [4.69, 9.17) is 16.9 Å². The van der Waals surface area contributed by atoms with Gasteiger partial charge < -0.3 is 5.32 Å². The second-order valence-corrected chi connectivity index (χ2v) is 6.57. The monoisotopic (exact) mass is 459 g/mol. The van der Waals surface area contributed by atoms with Crippen LogP contribution in [-0.2, 0) is 6.18 Å². The van der Waals surface area contributed by atoms with Crippen LogP contribution in [0.3, 0.4) is 0 Å². The van der Waals surface area contributed by atoms with Gasteiger partial charge in [-0.3, -0.25) is 9.78 Å². The molecule has 160 valence electrons. The number of nitrogens with zero attached hydrogens (tertiary/aromatic N) is 8. The van der Waals surface area contributed by atoms with Crippen LogP contribution in [0.1, 0.15) is 21.6 Å². The van der Waals surface area contributed by atoms with Gasteiger partial charge in [-0.15, -0.1) is 4.80 Å². The molecule has 0 atom stereocenters. The maximum atomic E-state index is 13.8. The minimum atomic E-state index is -4.93. The number of carbonyl (C=O) groups is 1. The van der Waals surface area contributed by atoms with Gasteiger partial charge in [-0.25, -0.2) is 9.67 Å². The molecular formula is C18H9ClF3N9O. The molecule has 4 aromatic rings. The summed E-state index contributed by atoms with van der Waals surface area (Å²) in [5, 5.41) is 22.8. The van der Waals surface area contributed by atoms with E-state index in [-0.39, 0.29) is 27.8 Å². The zero-order chi connectivity index (χ0) is 22.9. The number of rotatable bonds is 4. The highest BCUT2D eigenvalue weighted by Gasteiger charge is 2.40. The highest BCUT2D eigenvalue weighted by atomic mass is 35.5. The predicted molar refractivity (Wildman–Crippen MR) is 103 cm³/mol. The zero-order valence-corrected chi connectivity index (χ0v) is 16.4. The Kier molecular flexibility index (Phi) is 5.29. The highest BCUT2D eigenvalue weighted by molar-refractivity contribution is 6.32. The van der Waals surface area contributed by atoms with Crippen LogP contribution in [0.5, 0.6) is 0 Å². The summed E-state index contributed by atoms with van der Waals surface area (Å²) < 4.78 is 41.9. The lowest BCUT2D eigenvalue weighted by molar-refractivity contribution is -0.143. The van der Waals surface area contributed by atoms with Gasteiger partial charge in [0.1, 0.15) is 6.07 Å². The third kappa shape index (κ3) is 3.98. The summed E-state index contributed by atoms with van der Waals surface area (Å²) in [5.41, 5.74) is -2.12. The van der Waals surface area contributed by atoms with Crippen molar-refractivity contribution in [3.63, 3.8) is 0 Å². The number of hydrogen-bond acceptors (Lipinski definition) is 7. The summed E-state index contributed by atoms with van der Waals surface area (Å²) in [6.07, 6.45) is 2.13. The smallest absolute Gasteiger partial charge is 0.320 e. The minimum Gasteiger partial charge on any atom is -0.320 e. The van der Waals surface area contributed by atoms with Crippen LogP contribution in [0, 0.1) is 11.3 Å². The van der Waals surface area contributed by atoms with E-state index in [9.17, 15) is 18.0 Å². The van der Waals surface area contributed by atoms with Gasteiger partial charge in [0.25, 0.3) is 5.91 Å². The van der Waals surface area contributed by atoms with E-state index in [1.54, 1.807) is 6.07 Å². The van der Waals surface area contributed by atoms with Gasteiger partial charge in [-0.1, -0.05) is 11.6 Å². The first-order valence-electron chi connectivity index (χ1n) is 8.62. The Hall–Kier alpha value is -4.31. The maximum Gasteiger partial charge on any atom is 0.434 e. The van der Waals surface area contributed by atoms with Crippen molar-refractivity contribution in [2.45, 2.75) is 6.18 Å². The van der Waals surface area contributed by atoms with Crippen molar-refractivity contribution < 1.29 is 18.0 Å². The molecule has 0 aliphatic rings. The van der Waals surface area contributed by atoms with Crippen LogP contribution in [0.4, 0.5) is 18.9 Å². The zero-order valence-electron chi connectivity index (χ0n) is 15.6. The first-order valence-corrected chi connectivity index (χ1v) is 9.00. The minimum absolute atomic E-state index is 0.0320. The number of amides is 1. The van der Waals surface area contributed by atoms with Crippen molar-refractivity contribution in [2.75, 3.05) is 5.32 Å². The van der Waals surface area contributed by atoms with Gasteiger partial charge in [0.15, 0.2) is 11.5 Å². The van der Waals surface area contributed by atoms with E-state index in [0.29, 0.717) is 4.68 Å². The van der Waals surface area contributed by atoms with Crippen LogP contribution in [0.15, 0.2) is 49.3 Å². The van der Waals surface area contributed by atoms with Crippen LogP contribution >= 0.6 is 11.6 Å². The number of hydrogen-bond donors (Lipinski definition) is 1. The fourth-order valence-corrected chi connectivity index (χ4v) is 3.00. The average molecular weight is 460 g/mol. The second-order valence-electron chi connectivity index (χ2n) is 6.16. The summed E-state index contributed by atoms with van der Waals surface area (Å²) in [6.45, 7) is 0. The molecule has 0 saturated carbocycles. The molecule has 0 unspecified atom stereocenters. The van der Waals surface area contributed by atoms with Crippen LogP contribution in [-0.4, -0.2) is 40.6 Å². The number of halogens is 4. The molecule has 0 aromatic carbocycles. The quantitative estimate of drug-likeness (QED) is 0.496. The largest absolute Gasteiger partial charge is 0.434 e. The molecule has 14 heteroatoms. The van der Waals surface area contributed by atoms with E-state index < -0.39 is 23.3 Å². The molecule has 4 aromatic heterocycles. The van der Waals surface area contributed by atoms with Gasteiger partial charge in [0.05, 0.1) is 58.5 Å². The van der Waals surface area contributed by atoms with Crippen LogP contribution in [0.2, 0.25) is 5.02 Å². The Balaban J connectivity index is 1.68. The van der Waals surface area contributed by atoms with Gasteiger partial charge in [0, 0.05) is 6.20 Å². The summed E-state index contributed by atoms with van der Waals surface area (Å²) in [7, 11) is 0. The van der Waals surface area contributed by atoms with Gasteiger partial charge in [-0.05, 0) is 12.1 Å². The number of carbonyl (C=O) groups excluding carboxylic acids is 1. The second kappa shape index (κ2) is 8.08. The SMILES string of the molecule is N#Cc1cncc(-n2ncc(C(=O)Nc3cnc(-n4nccn4)c(Cl)c3)c2C(F)(F)F)c1. The molecule has 1 N–H and O–H groups in total. The molecule has 0 radical (unpaired) electrons. The Morgan fingerprint density at radius 1 is 1.09 bits per heavy atom. The van der Waals surface area contributed by atoms with Gasteiger partial charge in [-0.2, -0.15) is 33.7 Å². The van der Waals surface area contributed by atoms with Crippen molar-refractivity contribution in [1.82, 2.24) is 34.7 Å². The van der Waals surface area contributed by atoms with E-state index in [1.165, 1.54) is 36.9 Å². The summed E-state index contributed by atoms with van der Waals surface area (Å²) in [4.78, 5) is 21.5. The number of pyridine rings is 2. The van der Waals surface area contributed by atoms with E-state index in [1.807, 2.05) is 0 Å². The number of nitriles is 1. The molecule has 0 spiro atoms. The fourth-order valence-electron chi connectivity index (χ4n) is 2.76. The first-order chi connectivity index (χ1) is 15.3. The van der Waals surface area contributed by atoms with E-state index in [0.717, 1.165) is 17.2 Å². The Labute approximate surface area is 181 Å². The Bertz CT molecular complexity index is 1340. The highest BCUT2D eigenvalue weighted by Crippen LogP contribution is 2.34. The number of nitrogens with one attached hydrogen (secondary N) is 1. The van der Waals surface area contributed by atoms with Gasteiger partial charge in [0.2, 0.25) is 0 Å². The molecule has 0 fully saturated rings. The van der Waals surface area contributed by atoms with Crippen molar-refractivity contribution in [3.8, 4) is 17.6 Å². The molecule has 0 bridgehead atoms. The molecule has 0 aliphatic heterocycles. The van der Waals surface area contributed by atoms with E-state index >= 15 is 0 Å². The number of anilines is 1.